The Kier molecular flexibility index (Phi) is 9.39. The molecule has 0 unspecified atom stereocenters. The molecule has 0 amide bonds. The summed E-state index contributed by atoms with van der Waals surface area (Å²) in [6.07, 6.45) is 0. The molecular formula is C60H52N2O2. The molecule has 0 aliphatic carbocycles. The highest BCUT2D eigenvalue weighted by Gasteiger charge is 2.28. The van der Waals surface area contributed by atoms with E-state index in [4.69, 9.17) is 8.83 Å². The van der Waals surface area contributed by atoms with Gasteiger partial charge in [-0.15, -0.1) is 0 Å². The maximum Gasteiger partial charge on any atom is 0.178 e. The molecule has 314 valence electrons. The monoisotopic (exact) mass is 832 g/mol. The fraction of sp³-hybridized carbons (Fsp3) is 0.167. The average molecular weight is 833 g/mol. The smallest absolute Gasteiger partial charge is 0.178 e. The maximum atomic E-state index is 7.07. The Morgan fingerprint density at radius 3 is 0.922 bits per heavy atom. The molecule has 2 aromatic heterocycles. The van der Waals surface area contributed by atoms with Crippen LogP contribution in [0.5, 0.6) is 0 Å². The van der Waals surface area contributed by atoms with Crippen LogP contribution in [0.4, 0.5) is 34.1 Å². The van der Waals surface area contributed by atoms with Crippen LogP contribution >= 0.6 is 0 Å². The van der Waals surface area contributed by atoms with Crippen LogP contribution in [0.15, 0.2) is 167 Å². The van der Waals surface area contributed by atoms with E-state index < -0.39 is 0 Å². The predicted molar refractivity (Wildman–Crippen MR) is 273 cm³/mol. The van der Waals surface area contributed by atoms with Gasteiger partial charge in [0.25, 0.3) is 0 Å². The summed E-state index contributed by atoms with van der Waals surface area (Å²) < 4.78 is 14.1. The van der Waals surface area contributed by atoms with Gasteiger partial charge >= 0.3 is 0 Å². The molecule has 0 bridgehead atoms. The van der Waals surface area contributed by atoms with Crippen LogP contribution < -0.4 is 9.80 Å². The summed E-state index contributed by atoms with van der Waals surface area (Å²) in [6.45, 7) is 17.8. The molecule has 0 aliphatic heterocycles. The van der Waals surface area contributed by atoms with E-state index in [2.05, 4.69) is 223 Å². The van der Waals surface area contributed by atoms with E-state index in [0.717, 1.165) is 88.8 Å². The lowest BCUT2D eigenvalue weighted by Crippen LogP contribution is -2.09. The van der Waals surface area contributed by atoms with Crippen molar-refractivity contribution in [2.24, 2.45) is 0 Å². The summed E-state index contributed by atoms with van der Waals surface area (Å²) in [5, 5.41) is 9.15. The van der Waals surface area contributed by atoms with E-state index in [1.807, 2.05) is 0 Å². The molecule has 4 heteroatoms. The number of hydrogen-bond acceptors (Lipinski definition) is 4. The zero-order valence-electron chi connectivity index (χ0n) is 37.9. The maximum absolute atomic E-state index is 7.07. The number of aryl methyl sites for hydroxylation is 4. The fourth-order valence-electron chi connectivity index (χ4n) is 9.93. The van der Waals surface area contributed by atoms with Gasteiger partial charge in [-0.3, -0.25) is 0 Å². The molecule has 11 aromatic rings. The van der Waals surface area contributed by atoms with E-state index in [0.29, 0.717) is 0 Å². The zero-order valence-corrected chi connectivity index (χ0v) is 37.9. The van der Waals surface area contributed by atoms with Gasteiger partial charge in [-0.1, -0.05) is 111 Å². The van der Waals surface area contributed by atoms with Crippen molar-refractivity contribution in [3.8, 4) is 0 Å². The van der Waals surface area contributed by atoms with Crippen LogP contribution in [-0.2, 0) is 0 Å². The number of fused-ring (bicyclic) bond motifs is 9. The molecule has 0 saturated carbocycles. The van der Waals surface area contributed by atoms with Gasteiger partial charge in [0, 0.05) is 55.7 Å². The second kappa shape index (κ2) is 15.2. The Morgan fingerprint density at radius 2 is 0.625 bits per heavy atom. The van der Waals surface area contributed by atoms with Crippen molar-refractivity contribution in [1.29, 1.82) is 0 Å². The Hall–Kier alpha value is -7.30. The summed E-state index contributed by atoms with van der Waals surface area (Å²) in [5.41, 5.74) is 17.6. The van der Waals surface area contributed by atoms with E-state index in [-0.39, 0.29) is 11.8 Å². The molecule has 64 heavy (non-hydrogen) atoms. The first-order valence-corrected chi connectivity index (χ1v) is 22.6. The highest BCUT2D eigenvalue weighted by molar-refractivity contribution is 6.24. The van der Waals surface area contributed by atoms with Crippen LogP contribution in [-0.4, -0.2) is 0 Å². The number of hydrogen-bond donors (Lipinski definition) is 0. The van der Waals surface area contributed by atoms with Crippen molar-refractivity contribution >= 4 is 99.5 Å². The minimum atomic E-state index is 0.253. The number of nitrogens with zero attached hydrogens (tertiary/aromatic N) is 2. The molecule has 9 aromatic carbocycles. The van der Waals surface area contributed by atoms with Crippen LogP contribution in [0, 0.1) is 27.7 Å². The number of furan rings is 2. The number of benzene rings is 9. The normalized spacial score (nSPS) is 12.0. The minimum absolute atomic E-state index is 0.253. The Bertz CT molecular complexity index is 3240. The third kappa shape index (κ3) is 6.59. The van der Waals surface area contributed by atoms with E-state index >= 15 is 0 Å². The Labute approximate surface area is 375 Å². The second-order valence-corrected chi connectivity index (χ2v) is 18.5. The summed E-state index contributed by atoms with van der Waals surface area (Å²) in [6, 6.07) is 57.8. The first-order valence-electron chi connectivity index (χ1n) is 22.6. The van der Waals surface area contributed by atoms with Gasteiger partial charge in [-0.2, -0.15) is 0 Å². The van der Waals surface area contributed by atoms with Crippen LogP contribution in [0.25, 0.3) is 65.4 Å². The summed E-state index contributed by atoms with van der Waals surface area (Å²) >= 11 is 0. The first-order chi connectivity index (χ1) is 31.0. The highest BCUT2D eigenvalue weighted by Crippen LogP contribution is 2.49. The molecule has 4 nitrogen and oxygen atoms in total. The summed E-state index contributed by atoms with van der Waals surface area (Å²) in [7, 11) is 0. The molecule has 11 rings (SSSR count). The van der Waals surface area contributed by atoms with Crippen LogP contribution in [0.3, 0.4) is 0 Å². The topological polar surface area (TPSA) is 32.8 Å². The summed E-state index contributed by atoms with van der Waals surface area (Å²) in [5.74, 6) is 0.506. The predicted octanol–water partition coefficient (Wildman–Crippen LogP) is 18.2. The van der Waals surface area contributed by atoms with Gasteiger partial charge in [0.2, 0.25) is 0 Å². The van der Waals surface area contributed by atoms with E-state index in [9.17, 15) is 0 Å². The van der Waals surface area contributed by atoms with Gasteiger partial charge in [-0.25, -0.2) is 0 Å². The zero-order chi connectivity index (χ0) is 44.0. The summed E-state index contributed by atoms with van der Waals surface area (Å²) in [4.78, 5) is 4.67. The first kappa shape index (κ1) is 39.5. The molecule has 2 heterocycles. The van der Waals surface area contributed by atoms with Crippen LogP contribution in [0.2, 0.25) is 0 Å². The number of anilines is 6. The average Bonchev–Trinajstić information content (AvgIpc) is 3.84. The molecule has 0 aliphatic rings. The van der Waals surface area contributed by atoms with Crippen LogP contribution in [0.1, 0.15) is 72.9 Å². The molecule has 0 atom stereocenters. The lowest BCUT2D eigenvalue weighted by Gasteiger charge is -2.26. The number of rotatable bonds is 8. The Morgan fingerprint density at radius 1 is 0.328 bits per heavy atom. The Balaban J connectivity index is 1.11. The molecular weight excluding hydrogens is 781 g/mol. The quantitative estimate of drug-likeness (QED) is 0.153. The van der Waals surface area contributed by atoms with E-state index in [1.165, 1.54) is 44.2 Å². The molecule has 0 N–H and O–H groups in total. The van der Waals surface area contributed by atoms with E-state index in [1.54, 1.807) is 0 Å². The largest absolute Gasteiger partial charge is 0.452 e. The van der Waals surface area contributed by atoms with Crippen molar-refractivity contribution in [1.82, 2.24) is 0 Å². The standard InChI is InChI=1S/C60H52N2O2/c1-35(2)55-56(36(3)4)58-52-32-42-18-28-50(62(47-23-13-39(7)14-24-47)48-25-15-40(8)16-26-48)30-44(42)34-54(52)64-60(58)59-57(55)51-31-41-17-27-49(29-43(41)33-53(51)63-59)61(45-19-9-37(5)10-20-45)46-21-11-38(6)12-22-46/h9-36H,1-8H3. The van der Waals surface area contributed by atoms with Crippen molar-refractivity contribution in [2.75, 3.05) is 9.80 Å². The van der Waals surface area contributed by atoms with Gasteiger partial charge in [0.15, 0.2) is 11.2 Å². The van der Waals surface area contributed by atoms with Crippen molar-refractivity contribution in [3.05, 3.63) is 191 Å². The lowest BCUT2D eigenvalue weighted by atomic mass is 9.84. The van der Waals surface area contributed by atoms with Crippen molar-refractivity contribution in [3.63, 3.8) is 0 Å². The van der Waals surface area contributed by atoms with Gasteiger partial charge in [-0.05, 0) is 169 Å². The lowest BCUT2D eigenvalue weighted by molar-refractivity contribution is 0.632. The molecule has 0 saturated heterocycles. The highest BCUT2D eigenvalue weighted by atomic mass is 16.4. The van der Waals surface area contributed by atoms with Gasteiger partial charge < -0.3 is 18.6 Å². The second-order valence-electron chi connectivity index (χ2n) is 18.5. The molecule has 0 radical (unpaired) electrons. The van der Waals surface area contributed by atoms with Crippen molar-refractivity contribution in [2.45, 2.75) is 67.2 Å². The molecule has 0 spiro atoms. The third-order valence-electron chi connectivity index (χ3n) is 13.1. The minimum Gasteiger partial charge on any atom is -0.452 e. The van der Waals surface area contributed by atoms with Gasteiger partial charge in [0.05, 0.1) is 0 Å². The SMILES string of the molecule is Cc1ccc(N(c2ccc(C)cc2)c2ccc3cc4c(cc3c2)oc2c3oc5cc6cc(N(c7ccc(C)cc7)c7ccc(C)cc7)ccc6cc5c3c(C(C)C)c(C(C)C)c42)cc1. The fourth-order valence-corrected chi connectivity index (χ4v) is 9.93. The third-order valence-corrected chi connectivity index (χ3v) is 13.1. The van der Waals surface area contributed by atoms with Gasteiger partial charge in [0.1, 0.15) is 11.2 Å². The van der Waals surface area contributed by atoms with Crippen molar-refractivity contribution < 1.29 is 8.83 Å². The molecule has 0 fully saturated rings.